The van der Waals surface area contributed by atoms with Crippen molar-refractivity contribution in [2.45, 2.75) is 39.8 Å². The molecule has 2 amide bonds. The molecule has 9 nitrogen and oxygen atoms in total. The minimum atomic E-state index is -3.11. The summed E-state index contributed by atoms with van der Waals surface area (Å²) in [6, 6.07) is 40.6. The van der Waals surface area contributed by atoms with E-state index in [0.717, 1.165) is 92.8 Å². The van der Waals surface area contributed by atoms with Crippen LogP contribution in [0.1, 0.15) is 68.9 Å². The Morgan fingerprint density at radius 1 is 0.590 bits per heavy atom. The van der Waals surface area contributed by atoms with Crippen molar-refractivity contribution in [3.63, 3.8) is 0 Å². The van der Waals surface area contributed by atoms with E-state index in [-0.39, 0.29) is 35.4 Å². The van der Waals surface area contributed by atoms with E-state index in [1.165, 1.54) is 0 Å². The van der Waals surface area contributed by atoms with Crippen molar-refractivity contribution in [3.8, 4) is 22.3 Å². The monoisotopic (exact) mass is 833 g/mol. The maximum atomic E-state index is 14.3. The average Bonchev–Trinajstić information content (AvgIpc) is 3.26. The molecule has 0 aromatic heterocycles. The van der Waals surface area contributed by atoms with Crippen molar-refractivity contribution in [2.75, 3.05) is 67.6 Å². The van der Waals surface area contributed by atoms with Gasteiger partial charge < -0.3 is 25.3 Å². The van der Waals surface area contributed by atoms with Crippen LogP contribution in [0.15, 0.2) is 121 Å². The molecule has 2 aliphatic rings. The molecule has 314 valence electrons. The van der Waals surface area contributed by atoms with Crippen molar-refractivity contribution in [2.24, 2.45) is 0 Å². The van der Waals surface area contributed by atoms with Crippen LogP contribution in [0.2, 0.25) is 0 Å². The topological polar surface area (TPSA) is 102 Å². The second-order valence-corrected chi connectivity index (χ2v) is 19.1. The van der Waals surface area contributed by atoms with Gasteiger partial charge in [0.15, 0.2) is 9.84 Å². The van der Waals surface area contributed by atoms with Gasteiger partial charge in [-0.1, -0.05) is 84.9 Å². The number of nitrogens with zero attached hydrogens (tertiary/aromatic N) is 3. The van der Waals surface area contributed by atoms with E-state index < -0.39 is 9.84 Å². The van der Waals surface area contributed by atoms with Crippen LogP contribution >= 0.6 is 0 Å². The number of rotatable bonds is 10. The zero-order valence-electron chi connectivity index (χ0n) is 35.7. The first-order chi connectivity index (χ1) is 29.3. The first-order valence-electron chi connectivity index (χ1n) is 21.3. The standard InChI is InChI=1S/C51H55N5O4S/c1-34-19-20-43(55-23-21-54(5)22-24-55)31-47(34)50(57)52-36(3)39-13-8-14-40(29-39)41-15-9-16-42(30-41)48-32-44(56-25-27-61(59,60)28-26-56)33-49(35(48)2)51(58)53-37(4)45-18-10-12-38-11-6-7-17-46(38)45/h6-20,29-33,36-37H,21-28H2,1-5H3,(H,52,57)(H,53,58)/t36-,37-/m1/s1. The third kappa shape index (κ3) is 9.21. The van der Waals surface area contributed by atoms with Gasteiger partial charge in [-0.25, -0.2) is 8.42 Å². The third-order valence-electron chi connectivity index (χ3n) is 12.6. The normalized spacial score (nSPS) is 16.5. The molecule has 2 heterocycles. The number of nitrogens with one attached hydrogen (secondary N) is 2. The quantitative estimate of drug-likeness (QED) is 0.142. The molecule has 0 aliphatic carbocycles. The van der Waals surface area contributed by atoms with E-state index in [2.05, 4.69) is 99.1 Å². The van der Waals surface area contributed by atoms with Gasteiger partial charge in [0.2, 0.25) is 0 Å². The number of sulfone groups is 1. The summed E-state index contributed by atoms with van der Waals surface area (Å²) in [7, 11) is -0.970. The summed E-state index contributed by atoms with van der Waals surface area (Å²) in [5.41, 5.74) is 10.8. The largest absolute Gasteiger partial charge is 0.369 e. The molecular weight excluding hydrogens is 779 g/mol. The summed E-state index contributed by atoms with van der Waals surface area (Å²) < 4.78 is 24.8. The predicted octanol–water partition coefficient (Wildman–Crippen LogP) is 8.76. The number of piperazine rings is 1. The lowest BCUT2D eigenvalue weighted by Crippen LogP contribution is -2.44. The number of carbonyl (C=O) groups is 2. The summed E-state index contributed by atoms with van der Waals surface area (Å²) in [6.45, 7) is 12.6. The lowest BCUT2D eigenvalue weighted by atomic mass is 9.91. The van der Waals surface area contributed by atoms with E-state index in [4.69, 9.17) is 0 Å². The Labute approximate surface area is 360 Å². The molecule has 2 aliphatic heterocycles. The fourth-order valence-corrected chi connectivity index (χ4v) is 9.90. The van der Waals surface area contributed by atoms with Crippen LogP contribution in [0, 0.1) is 13.8 Å². The van der Waals surface area contributed by atoms with Crippen LogP contribution in [0.25, 0.3) is 33.0 Å². The van der Waals surface area contributed by atoms with Crippen molar-refractivity contribution < 1.29 is 18.0 Å². The van der Waals surface area contributed by atoms with Gasteiger partial charge in [0.05, 0.1) is 23.6 Å². The van der Waals surface area contributed by atoms with Gasteiger partial charge in [-0.05, 0) is 126 Å². The summed E-state index contributed by atoms with van der Waals surface area (Å²) in [5, 5.41) is 8.75. The predicted molar refractivity (Wildman–Crippen MR) is 250 cm³/mol. The van der Waals surface area contributed by atoms with Crippen molar-refractivity contribution in [1.29, 1.82) is 0 Å². The first-order valence-corrected chi connectivity index (χ1v) is 23.1. The number of anilines is 2. The molecule has 0 radical (unpaired) electrons. The second kappa shape index (κ2) is 17.6. The van der Waals surface area contributed by atoms with Gasteiger partial charge in [-0.2, -0.15) is 0 Å². The fourth-order valence-electron chi connectivity index (χ4n) is 8.70. The molecule has 8 rings (SSSR count). The number of benzene rings is 6. The zero-order valence-corrected chi connectivity index (χ0v) is 36.6. The Bertz CT molecular complexity index is 2700. The molecular formula is C51H55N5O4S. The molecule has 10 heteroatoms. The highest BCUT2D eigenvalue weighted by Gasteiger charge is 2.26. The molecule has 2 fully saturated rings. The van der Waals surface area contributed by atoms with Gasteiger partial charge in [0.25, 0.3) is 11.8 Å². The van der Waals surface area contributed by atoms with Crippen LogP contribution in [-0.2, 0) is 9.84 Å². The van der Waals surface area contributed by atoms with Crippen molar-refractivity contribution >= 4 is 43.8 Å². The van der Waals surface area contributed by atoms with E-state index >= 15 is 0 Å². The number of fused-ring (bicyclic) bond motifs is 1. The molecule has 0 saturated carbocycles. The second-order valence-electron chi connectivity index (χ2n) is 16.8. The summed E-state index contributed by atoms with van der Waals surface area (Å²) in [6.07, 6.45) is 0. The lowest BCUT2D eigenvalue weighted by Gasteiger charge is -2.34. The summed E-state index contributed by atoms with van der Waals surface area (Å²) >= 11 is 0. The molecule has 6 aromatic carbocycles. The van der Waals surface area contributed by atoms with Gasteiger partial charge in [-0.3, -0.25) is 9.59 Å². The number of amides is 2. The Morgan fingerprint density at radius 3 is 1.97 bits per heavy atom. The van der Waals surface area contributed by atoms with Gasteiger partial charge in [0.1, 0.15) is 0 Å². The molecule has 2 N–H and O–H groups in total. The smallest absolute Gasteiger partial charge is 0.252 e. The number of hydrogen-bond donors (Lipinski definition) is 2. The van der Waals surface area contributed by atoms with Gasteiger partial charge in [-0.15, -0.1) is 0 Å². The minimum Gasteiger partial charge on any atom is -0.369 e. The molecule has 2 saturated heterocycles. The van der Waals surface area contributed by atoms with Crippen LogP contribution < -0.4 is 20.4 Å². The van der Waals surface area contributed by atoms with Crippen LogP contribution in [0.4, 0.5) is 11.4 Å². The Kier molecular flexibility index (Phi) is 12.0. The lowest BCUT2D eigenvalue weighted by molar-refractivity contribution is 0.0931. The van der Waals surface area contributed by atoms with Gasteiger partial charge in [0, 0.05) is 61.8 Å². The van der Waals surface area contributed by atoms with Gasteiger partial charge >= 0.3 is 0 Å². The highest BCUT2D eigenvalue weighted by Crippen LogP contribution is 2.35. The molecule has 0 unspecified atom stereocenters. The molecule has 2 atom stereocenters. The number of hydrogen-bond acceptors (Lipinski definition) is 7. The minimum absolute atomic E-state index is 0.0726. The zero-order chi connectivity index (χ0) is 42.8. The average molecular weight is 834 g/mol. The van der Waals surface area contributed by atoms with Crippen LogP contribution in [0.5, 0.6) is 0 Å². The number of likely N-dealkylation sites (N-methyl/N-ethyl adjacent to an activating group) is 1. The highest BCUT2D eigenvalue weighted by atomic mass is 32.2. The van der Waals surface area contributed by atoms with E-state index in [1.54, 1.807) is 0 Å². The van der Waals surface area contributed by atoms with E-state index in [9.17, 15) is 18.0 Å². The number of carbonyl (C=O) groups excluding carboxylic acids is 2. The van der Waals surface area contributed by atoms with E-state index in [1.807, 2.05) is 82.3 Å². The Hall–Kier alpha value is -5.97. The highest BCUT2D eigenvalue weighted by molar-refractivity contribution is 7.91. The Balaban J connectivity index is 1.07. The molecule has 6 aromatic rings. The maximum Gasteiger partial charge on any atom is 0.252 e. The SMILES string of the molecule is Cc1ccc(N2CCN(C)CC2)cc1C(=O)N[C@H](C)c1cccc(-c2cccc(-c3cc(N4CCS(=O)(=O)CC4)cc(C(=O)N[C@H](C)c4cccc5ccccc45)c3C)c2)c1. The molecule has 0 spiro atoms. The third-order valence-corrected chi connectivity index (χ3v) is 14.2. The molecule has 0 bridgehead atoms. The summed E-state index contributed by atoms with van der Waals surface area (Å²) in [4.78, 5) is 34.8. The Morgan fingerprint density at radius 2 is 1.20 bits per heavy atom. The number of aryl methyl sites for hydroxylation is 1. The van der Waals surface area contributed by atoms with Crippen LogP contribution in [-0.4, -0.2) is 83.0 Å². The maximum absolute atomic E-state index is 14.3. The van der Waals surface area contributed by atoms with Crippen molar-refractivity contribution in [1.82, 2.24) is 15.5 Å². The first kappa shape index (κ1) is 41.8. The fraction of sp³-hybridized carbons (Fsp3) is 0.294. The summed E-state index contributed by atoms with van der Waals surface area (Å²) in [5.74, 6) is -0.139. The van der Waals surface area contributed by atoms with E-state index in [0.29, 0.717) is 24.2 Å². The van der Waals surface area contributed by atoms with Crippen molar-refractivity contribution in [3.05, 3.63) is 155 Å². The van der Waals surface area contributed by atoms with Crippen LogP contribution in [0.3, 0.4) is 0 Å². The molecule has 61 heavy (non-hydrogen) atoms.